The molecular weight excluding hydrogens is 591 g/mol. The number of benzene rings is 2. The zero-order chi connectivity index (χ0) is 35.6. The van der Waals surface area contributed by atoms with Crippen LogP contribution in [0.5, 0.6) is 0 Å². The Morgan fingerprint density at radius 1 is 1.02 bits per heavy atom. The quantitative estimate of drug-likeness (QED) is 0.0712. The van der Waals surface area contributed by atoms with E-state index in [-0.39, 0.29) is 58.1 Å². The van der Waals surface area contributed by atoms with Gasteiger partial charge in [0.25, 0.3) is 0 Å². The molecule has 46 heavy (non-hydrogen) atoms. The molecule has 1 N–H and O–H groups in total. The minimum absolute atomic E-state index is 0. The van der Waals surface area contributed by atoms with Crippen LogP contribution in [-0.2, 0) is 24.3 Å². The van der Waals surface area contributed by atoms with Crippen molar-refractivity contribution in [1.29, 1.82) is 5.41 Å². The van der Waals surface area contributed by atoms with Crippen LogP contribution in [0, 0.1) is 30.4 Å². The zero-order valence-corrected chi connectivity index (χ0v) is 35.5. The van der Waals surface area contributed by atoms with E-state index in [4.69, 9.17) is 5.41 Å². The summed E-state index contributed by atoms with van der Waals surface area (Å²) < 4.78 is 13.3. The van der Waals surface area contributed by atoms with Crippen LogP contribution in [0.25, 0.3) is 0 Å². The van der Waals surface area contributed by atoms with Crippen LogP contribution in [0.2, 0.25) is 5.82 Å². The fourth-order valence-electron chi connectivity index (χ4n) is 4.20. The van der Waals surface area contributed by atoms with E-state index in [9.17, 15) is 9.18 Å². The molecule has 0 aliphatic rings. The second-order valence-corrected chi connectivity index (χ2v) is 9.91. The molecule has 2 nitrogen and oxygen atoms in total. The summed E-state index contributed by atoms with van der Waals surface area (Å²) in [4.78, 5) is 9.92. The molecule has 0 spiro atoms. The first-order valence-electron chi connectivity index (χ1n) is 17.4. The number of aryl methyl sites for hydroxylation is 2. The molecule has 2 aromatic rings. The number of hydrogen-bond acceptors (Lipinski definition) is 2. The Kier molecular flexibility index (Phi) is 47.3. The van der Waals surface area contributed by atoms with Gasteiger partial charge in [-0.3, -0.25) is 6.29 Å². The topological polar surface area (TPSA) is 40.9 Å². The van der Waals surface area contributed by atoms with Crippen molar-refractivity contribution in [3.63, 3.8) is 0 Å². The molecule has 0 aromatic heterocycles. The van der Waals surface area contributed by atoms with E-state index in [0.717, 1.165) is 48.8 Å². The summed E-state index contributed by atoms with van der Waals surface area (Å²) in [5, 5.41) is 7.21. The van der Waals surface area contributed by atoms with Crippen molar-refractivity contribution < 1.29 is 60.6 Å². The van der Waals surface area contributed by atoms with E-state index >= 15 is 0 Å². The van der Waals surface area contributed by atoms with Crippen LogP contribution in [-0.4, -0.2) is 19.3 Å². The summed E-state index contributed by atoms with van der Waals surface area (Å²) in [6.45, 7) is 29.8. The maximum absolute atomic E-state index is 13.3. The van der Waals surface area contributed by atoms with E-state index in [2.05, 4.69) is 97.0 Å². The van der Waals surface area contributed by atoms with Crippen LogP contribution in [0.3, 0.4) is 0 Å². The van der Waals surface area contributed by atoms with Crippen LogP contribution in [0.4, 0.5) is 4.39 Å². The standard InChI is InChI=1S/C24H30BF.C8H11NO.C3H8.3C2H6.K/c1-5-8-24(25-23-13-9-18(4)10-14-23)21(7-3)15-19-11-12-20(6-2)22(16-19)17-26;1-3-4-8(9)5-7(2)6-10;1-3-2;3*1-2;/h5,9,11-14,16,21,24H,1,6-8,15,17H2,2-4H3;9H,3-4H2,1-2H3;3H2,1-2H3;3*1-2H3;/q-1;-2;;;;;+1. The number of rotatable bonds is 14. The molecule has 2 rings (SSSR count). The molecule has 0 amide bonds. The van der Waals surface area contributed by atoms with E-state index in [1.807, 2.05) is 54.5 Å². The van der Waals surface area contributed by atoms with Crippen LogP contribution in [0.15, 0.2) is 54.6 Å². The summed E-state index contributed by atoms with van der Waals surface area (Å²) >= 11 is 0. The van der Waals surface area contributed by atoms with Gasteiger partial charge in [0.05, 0.1) is 7.28 Å². The molecule has 0 heterocycles. The SMILES string of the molecule is C=CCC([B]c1c[c-]c(C)cc1)C(CC)Cc1ccc(CC)c(CF)c1.CC.CC.CC.CCC.CCCC(=N)[C-]=C(C)[C-]=O.[K+]. The second-order valence-electron chi connectivity index (χ2n) is 9.91. The Hall–Kier alpha value is -1.11. The Labute approximate surface area is 330 Å². The Balaban J connectivity index is -0.000000234. The van der Waals surface area contributed by atoms with Gasteiger partial charge in [-0.25, -0.2) is 4.39 Å². The summed E-state index contributed by atoms with van der Waals surface area (Å²) in [5.74, 6) is 0.933. The first-order chi connectivity index (χ1) is 21.7. The van der Waals surface area contributed by atoms with Crippen LogP contribution >= 0.6 is 0 Å². The molecule has 2 atom stereocenters. The maximum Gasteiger partial charge on any atom is 1.00 e. The number of alkyl halides is 1. The van der Waals surface area contributed by atoms with Gasteiger partial charge in [0.1, 0.15) is 6.67 Å². The summed E-state index contributed by atoms with van der Waals surface area (Å²) in [6, 6.07) is 15.9. The normalized spacial score (nSPS) is 10.7. The van der Waals surface area contributed by atoms with Gasteiger partial charge in [0, 0.05) is 0 Å². The largest absolute Gasteiger partial charge is 1.00 e. The van der Waals surface area contributed by atoms with Gasteiger partial charge >= 0.3 is 51.4 Å². The fraction of sp³-hybridized carbons (Fsp3) is 0.561. The van der Waals surface area contributed by atoms with Gasteiger partial charge in [-0.1, -0.05) is 132 Å². The Bertz CT molecular complexity index is 1000. The third-order valence-corrected chi connectivity index (χ3v) is 6.25. The molecule has 0 bridgehead atoms. The van der Waals surface area contributed by atoms with E-state index < -0.39 is 0 Å². The summed E-state index contributed by atoms with van der Waals surface area (Å²) in [5.41, 5.74) is 6.32. The minimum atomic E-state index is -0.380. The molecule has 0 aliphatic carbocycles. The predicted molar refractivity (Wildman–Crippen MR) is 203 cm³/mol. The van der Waals surface area contributed by atoms with Crippen molar-refractivity contribution in [1.82, 2.24) is 0 Å². The fourth-order valence-corrected chi connectivity index (χ4v) is 4.20. The van der Waals surface area contributed by atoms with E-state index in [1.165, 1.54) is 17.4 Å². The van der Waals surface area contributed by atoms with Crippen molar-refractivity contribution >= 4 is 24.7 Å². The second kappa shape index (κ2) is 40.1. The van der Waals surface area contributed by atoms with Crippen molar-refractivity contribution in [2.75, 3.05) is 0 Å². The van der Waals surface area contributed by atoms with Crippen molar-refractivity contribution in [3.8, 4) is 0 Å². The van der Waals surface area contributed by atoms with Gasteiger partial charge in [0.2, 0.25) is 0 Å². The molecule has 0 fully saturated rings. The average Bonchev–Trinajstić information content (AvgIpc) is 3.07. The molecule has 0 aliphatic heterocycles. The number of hydrogen-bond donors (Lipinski definition) is 1. The Morgan fingerprint density at radius 2 is 1.61 bits per heavy atom. The predicted octanol–water partition coefficient (Wildman–Crippen LogP) is 8.95. The van der Waals surface area contributed by atoms with E-state index in [1.54, 1.807) is 13.2 Å². The molecular formula is C41H67BFKNO-2. The minimum Gasteiger partial charge on any atom is -0.540 e. The maximum atomic E-state index is 13.3. The van der Waals surface area contributed by atoms with Gasteiger partial charge in [-0.2, -0.15) is 35.3 Å². The van der Waals surface area contributed by atoms with Crippen molar-refractivity contribution in [3.05, 3.63) is 89.0 Å². The molecule has 1 radical (unpaired) electrons. The molecule has 5 heteroatoms. The number of allylic oxidation sites excluding steroid dienone is 3. The molecule has 255 valence electrons. The van der Waals surface area contributed by atoms with Gasteiger partial charge in [-0.15, -0.1) is 19.2 Å². The van der Waals surface area contributed by atoms with Gasteiger partial charge in [-0.05, 0) is 48.3 Å². The monoisotopic (exact) mass is 658 g/mol. The van der Waals surface area contributed by atoms with Crippen LogP contribution in [0.1, 0.15) is 137 Å². The number of halogens is 1. The first kappa shape index (κ1) is 54.3. The van der Waals surface area contributed by atoms with Crippen LogP contribution < -0.4 is 56.8 Å². The van der Waals surface area contributed by atoms with Gasteiger partial charge in [0.15, 0.2) is 0 Å². The summed E-state index contributed by atoms with van der Waals surface area (Å²) in [6.07, 6.45) is 13.0. The first-order valence-corrected chi connectivity index (χ1v) is 17.4. The van der Waals surface area contributed by atoms with E-state index in [0.29, 0.717) is 29.4 Å². The average molecular weight is 659 g/mol. The molecule has 2 aromatic carbocycles. The zero-order valence-electron chi connectivity index (χ0n) is 32.4. The number of carbonyl (C=O) groups excluding carboxylic acids is 1. The Morgan fingerprint density at radius 3 is 2.02 bits per heavy atom. The summed E-state index contributed by atoms with van der Waals surface area (Å²) in [7, 11) is 2.35. The molecule has 2 unspecified atom stereocenters. The van der Waals surface area contributed by atoms with Gasteiger partial charge < -0.3 is 21.9 Å². The molecule has 0 saturated carbocycles. The molecule has 0 saturated heterocycles. The smallest absolute Gasteiger partial charge is 0.540 e. The van der Waals surface area contributed by atoms with Crippen molar-refractivity contribution in [2.24, 2.45) is 5.92 Å². The third-order valence-electron chi connectivity index (χ3n) is 6.25. The third kappa shape index (κ3) is 28.0. The number of nitrogens with one attached hydrogen (secondary N) is 1. The van der Waals surface area contributed by atoms with Crippen molar-refractivity contribution in [2.45, 2.75) is 147 Å².